The number of hydrogen-bond acceptors (Lipinski definition) is 4. The molecule has 1 aromatic rings. The van der Waals surface area contributed by atoms with Crippen LogP contribution in [0.15, 0.2) is 23.1 Å². The molecule has 1 saturated carbocycles. The quantitative estimate of drug-likeness (QED) is 0.850. The molecular weight excluding hydrogens is 316 g/mol. The Hall–Kier alpha value is -1.31. The summed E-state index contributed by atoms with van der Waals surface area (Å²) in [6, 6.07) is 4.39. The highest BCUT2D eigenvalue weighted by molar-refractivity contribution is 7.89. The van der Waals surface area contributed by atoms with Gasteiger partial charge in [-0.2, -0.15) is 4.31 Å². The van der Waals surface area contributed by atoms with Crippen molar-refractivity contribution in [1.29, 1.82) is 0 Å². The predicted octanol–water partition coefficient (Wildman–Crippen LogP) is 1.25. The Morgan fingerprint density at radius 2 is 2.14 bits per heavy atom. The number of sulfonamides is 1. The minimum absolute atomic E-state index is 0.0232. The van der Waals surface area contributed by atoms with Gasteiger partial charge in [0.15, 0.2) is 0 Å². The third kappa shape index (κ3) is 3.87. The number of carbonyl (C=O) groups excluding carboxylic acids is 1. The molecule has 0 spiro atoms. The van der Waals surface area contributed by atoms with Crippen molar-refractivity contribution in [3.63, 3.8) is 0 Å². The van der Waals surface area contributed by atoms with Crippen LogP contribution < -0.4 is 10.1 Å². The van der Waals surface area contributed by atoms with Gasteiger partial charge in [-0.15, -0.1) is 0 Å². The number of likely N-dealkylation sites (N-methyl/N-ethyl adjacent to an activating group) is 1. The van der Waals surface area contributed by atoms with E-state index in [0.717, 1.165) is 17.1 Å². The number of amides is 1. The second kappa shape index (κ2) is 6.21. The van der Waals surface area contributed by atoms with Gasteiger partial charge in [0, 0.05) is 13.1 Å². The van der Waals surface area contributed by atoms with Gasteiger partial charge in [0.05, 0.1) is 23.6 Å². The van der Waals surface area contributed by atoms with Crippen molar-refractivity contribution in [2.45, 2.75) is 23.8 Å². The minimum Gasteiger partial charge on any atom is -0.495 e. The van der Waals surface area contributed by atoms with Crippen LogP contribution in [0.5, 0.6) is 5.75 Å². The molecule has 6 nitrogen and oxygen atoms in total. The fourth-order valence-corrected chi connectivity index (χ4v) is 3.25. The van der Waals surface area contributed by atoms with Crippen molar-refractivity contribution in [1.82, 2.24) is 9.62 Å². The van der Waals surface area contributed by atoms with Crippen molar-refractivity contribution < 1.29 is 17.9 Å². The van der Waals surface area contributed by atoms with Gasteiger partial charge in [-0.1, -0.05) is 11.6 Å². The molecular formula is C13H17ClN2O4S. The maximum atomic E-state index is 12.4. The van der Waals surface area contributed by atoms with Crippen LogP contribution in [0, 0.1) is 0 Å². The van der Waals surface area contributed by atoms with Crippen LogP contribution in [-0.4, -0.2) is 45.4 Å². The molecule has 0 bridgehead atoms. The molecule has 1 fully saturated rings. The number of rotatable bonds is 6. The summed E-state index contributed by atoms with van der Waals surface area (Å²) < 4.78 is 30.7. The lowest BCUT2D eigenvalue weighted by molar-refractivity contribution is -0.121. The monoisotopic (exact) mass is 332 g/mol. The van der Waals surface area contributed by atoms with Crippen LogP contribution in [0.2, 0.25) is 5.02 Å². The van der Waals surface area contributed by atoms with E-state index in [1.807, 2.05) is 0 Å². The first kappa shape index (κ1) is 16.1. The lowest BCUT2D eigenvalue weighted by Crippen LogP contribution is -2.39. The highest BCUT2D eigenvalue weighted by Crippen LogP contribution is 2.28. The average molecular weight is 333 g/mol. The topological polar surface area (TPSA) is 75.7 Å². The number of ether oxygens (including phenoxy) is 1. The normalized spacial score (nSPS) is 15.0. The van der Waals surface area contributed by atoms with E-state index in [1.54, 1.807) is 0 Å². The fraction of sp³-hybridized carbons (Fsp3) is 0.462. The van der Waals surface area contributed by atoms with Crippen molar-refractivity contribution in [3.8, 4) is 5.75 Å². The summed E-state index contributed by atoms with van der Waals surface area (Å²) in [6.07, 6.45) is 1.91. The summed E-state index contributed by atoms with van der Waals surface area (Å²) in [5.41, 5.74) is 0. The lowest BCUT2D eigenvalue weighted by atomic mass is 10.3. The van der Waals surface area contributed by atoms with Crippen molar-refractivity contribution in [2.75, 3.05) is 20.7 Å². The Balaban J connectivity index is 2.12. The molecule has 0 aromatic heterocycles. The Bertz CT molecular complexity index is 644. The predicted molar refractivity (Wildman–Crippen MR) is 79.0 cm³/mol. The second-order valence-corrected chi connectivity index (χ2v) is 7.35. The van der Waals surface area contributed by atoms with Gasteiger partial charge in [-0.3, -0.25) is 4.79 Å². The Labute approximate surface area is 129 Å². The zero-order chi connectivity index (χ0) is 15.6. The van der Waals surface area contributed by atoms with Crippen molar-refractivity contribution >= 4 is 27.5 Å². The summed E-state index contributed by atoms with van der Waals surface area (Å²) in [5, 5.41) is 2.95. The summed E-state index contributed by atoms with van der Waals surface area (Å²) in [6.45, 7) is -0.220. The summed E-state index contributed by atoms with van der Waals surface area (Å²) >= 11 is 5.94. The maximum absolute atomic E-state index is 12.4. The smallest absolute Gasteiger partial charge is 0.243 e. The number of hydrogen-bond donors (Lipinski definition) is 1. The van der Waals surface area contributed by atoms with Crippen molar-refractivity contribution in [3.05, 3.63) is 23.2 Å². The molecule has 0 heterocycles. The van der Waals surface area contributed by atoms with E-state index in [9.17, 15) is 13.2 Å². The van der Waals surface area contributed by atoms with E-state index in [-0.39, 0.29) is 28.4 Å². The third-order valence-corrected chi connectivity index (χ3v) is 5.23. The number of nitrogens with one attached hydrogen (secondary N) is 1. The molecule has 1 aromatic carbocycles. The van der Waals surface area contributed by atoms with E-state index in [0.29, 0.717) is 5.75 Å². The van der Waals surface area contributed by atoms with Crippen LogP contribution >= 0.6 is 11.6 Å². The Kier molecular flexibility index (Phi) is 4.75. The number of carbonyl (C=O) groups is 1. The van der Waals surface area contributed by atoms with Gasteiger partial charge in [0.1, 0.15) is 5.75 Å². The summed E-state index contributed by atoms with van der Waals surface area (Å²) in [4.78, 5) is 11.7. The van der Waals surface area contributed by atoms with Crippen LogP contribution in [0.25, 0.3) is 0 Å². The molecule has 21 heavy (non-hydrogen) atoms. The molecule has 1 aliphatic carbocycles. The molecule has 2 rings (SSSR count). The van der Waals surface area contributed by atoms with E-state index in [2.05, 4.69) is 5.32 Å². The maximum Gasteiger partial charge on any atom is 0.243 e. The van der Waals surface area contributed by atoms with Gasteiger partial charge in [-0.25, -0.2) is 8.42 Å². The Morgan fingerprint density at radius 1 is 1.48 bits per heavy atom. The summed E-state index contributed by atoms with van der Waals surface area (Å²) in [7, 11) is -0.955. The molecule has 1 aliphatic rings. The largest absolute Gasteiger partial charge is 0.495 e. The lowest BCUT2D eigenvalue weighted by Gasteiger charge is -2.17. The van der Waals surface area contributed by atoms with Gasteiger partial charge < -0.3 is 10.1 Å². The van der Waals surface area contributed by atoms with Crippen LogP contribution in [0.1, 0.15) is 12.8 Å². The van der Waals surface area contributed by atoms with Gasteiger partial charge >= 0.3 is 0 Å². The van der Waals surface area contributed by atoms with Gasteiger partial charge in [0.25, 0.3) is 0 Å². The average Bonchev–Trinajstić information content (AvgIpc) is 3.22. The molecule has 116 valence electrons. The van der Waals surface area contributed by atoms with E-state index < -0.39 is 10.0 Å². The molecule has 1 N–H and O–H groups in total. The van der Waals surface area contributed by atoms with Crippen molar-refractivity contribution in [2.24, 2.45) is 0 Å². The van der Waals surface area contributed by atoms with E-state index in [1.165, 1.54) is 32.4 Å². The highest BCUT2D eigenvalue weighted by Gasteiger charge is 2.27. The van der Waals surface area contributed by atoms with Crippen LogP contribution in [0.3, 0.4) is 0 Å². The third-order valence-electron chi connectivity index (χ3n) is 3.14. The van der Waals surface area contributed by atoms with Crippen LogP contribution in [-0.2, 0) is 14.8 Å². The SMILES string of the molecule is COc1ccc(S(=O)(=O)N(C)CC(=O)NC2CC2)cc1Cl. The standard InChI is InChI=1S/C13H17ClN2O4S/c1-16(8-13(17)15-9-3-4-9)21(18,19)10-5-6-12(20-2)11(14)7-10/h5-7,9H,3-4,8H2,1-2H3,(H,15,17). The molecule has 0 atom stereocenters. The first-order chi connectivity index (χ1) is 9.84. The molecule has 1 amide bonds. The highest BCUT2D eigenvalue weighted by atomic mass is 35.5. The van der Waals surface area contributed by atoms with Gasteiger partial charge in [-0.05, 0) is 31.0 Å². The number of benzene rings is 1. The van der Waals surface area contributed by atoms with Crippen LogP contribution in [0.4, 0.5) is 0 Å². The molecule has 0 saturated heterocycles. The minimum atomic E-state index is -3.76. The van der Waals surface area contributed by atoms with E-state index >= 15 is 0 Å². The molecule has 0 radical (unpaired) electrons. The number of methoxy groups -OCH3 is 1. The first-order valence-corrected chi connectivity index (χ1v) is 8.25. The van der Waals surface area contributed by atoms with Gasteiger partial charge in [0.2, 0.25) is 15.9 Å². The molecule has 0 unspecified atom stereocenters. The number of nitrogens with zero attached hydrogens (tertiary/aromatic N) is 1. The fourth-order valence-electron chi connectivity index (χ4n) is 1.78. The molecule has 8 heteroatoms. The first-order valence-electron chi connectivity index (χ1n) is 6.44. The molecule has 0 aliphatic heterocycles. The second-order valence-electron chi connectivity index (χ2n) is 4.90. The zero-order valence-electron chi connectivity index (χ0n) is 11.8. The number of halogens is 1. The summed E-state index contributed by atoms with van der Waals surface area (Å²) in [5.74, 6) is 0.0907. The zero-order valence-corrected chi connectivity index (χ0v) is 13.4. The Morgan fingerprint density at radius 3 is 2.67 bits per heavy atom. The van der Waals surface area contributed by atoms with E-state index in [4.69, 9.17) is 16.3 Å².